The predicted octanol–water partition coefficient (Wildman–Crippen LogP) is 3.23. The van der Waals surface area contributed by atoms with Crippen LogP contribution in [0, 0.1) is 10.1 Å². The van der Waals surface area contributed by atoms with Crippen LogP contribution in [0.5, 0.6) is 5.75 Å². The van der Waals surface area contributed by atoms with Crippen molar-refractivity contribution >= 4 is 23.3 Å². The highest BCUT2D eigenvalue weighted by atomic mass is 16.6. The number of methoxy groups -OCH3 is 1. The van der Waals surface area contributed by atoms with Crippen molar-refractivity contribution in [3.8, 4) is 5.75 Å². The first kappa shape index (κ1) is 15.2. The molecule has 0 bridgehead atoms. The summed E-state index contributed by atoms with van der Waals surface area (Å²) in [6.07, 6.45) is 1.38. The Morgan fingerprint density at radius 1 is 1.23 bits per heavy atom. The molecule has 0 aliphatic rings. The smallest absolute Gasteiger partial charge is 0.336 e. The van der Waals surface area contributed by atoms with E-state index in [1.807, 2.05) is 0 Å². The molecule has 6 nitrogen and oxygen atoms in total. The van der Waals surface area contributed by atoms with Gasteiger partial charge >= 0.3 is 5.97 Å². The van der Waals surface area contributed by atoms with E-state index in [1.54, 1.807) is 30.3 Å². The number of nitrogens with zero attached hydrogens (tertiary/aromatic N) is 1. The van der Waals surface area contributed by atoms with E-state index in [0.29, 0.717) is 16.9 Å². The van der Waals surface area contributed by atoms with Crippen LogP contribution >= 0.6 is 0 Å². The van der Waals surface area contributed by atoms with Crippen molar-refractivity contribution in [3.63, 3.8) is 0 Å². The molecule has 0 aromatic heterocycles. The molecule has 0 atom stereocenters. The fourth-order valence-corrected chi connectivity index (χ4v) is 2.02. The zero-order valence-electron chi connectivity index (χ0n) is 11.7. The SMILES string of the molecule is COc1ccccc1/C(=C/c1cccc([N+](=O)[O-])c1)C(=O)O. The molecule has 2 aromatic carbocycles. The van der Waals surface area contributed by atoms with Gasteiger partial charge in [0.05, 0.1) is 17.6 Å². The highest BCUT2D eigenvalue weighted by molar-refractivity contribution is 6.21. The van der Waals surface area contributed by atoms with Gasteiger partial charge in [-0.3, -0.25) is 10.1 Å². The molecule has 0 spiro atoms. The maximum Gasteiger partial charge on any atom is 0.336 e. The molecule has 0 saturated heterocycles. The van der Waals surface area contributed by atoms with E-state index in [2.05, 4.69) is 0 Å². The molecule has 0 saturated carbocycles. The third-order valence-corrected chi connectivity index (χ3v) is 3.02. The number of carboxylic acid groups (broad SMARTS) is 1. The summed E-state index contributed by atoms with van der Waals surface area (Å²) < 4.78 is 5.16. The molecule has 6 heteroatoms. The van der Waals surface area contributed by atoms with Gasteiger partial charge in [-0.1, -0.05) is 30.3 Å². The number of non-ortho nitro benzene ring substituents is 1. The fraction of sp³-hybridized carbons (Fsp3) is 0.0625. The largest absolute Gasteiger partial charge is 0.496 e. The second-order valence-corrected chi connectivity index (χ2v) is 4.42. The molecule has 0 amide bonds. The normalized spacial score (nSPS) is 11.0. The van der Waals surface area contributed by atoms with E-state index in [0.717, 1.165) is 0 Å². The average Bonchev–Trinajstić information content (AvgIpc) is 2.52. The number of nitro benzene ring substituents is 1. The maximum atomic E-state index is 11.5. The van der Waals surface area contributed by atoms with Gasteiger partial charge in [0.25, 0.3) is 5.69 Å². The molecule has 0 fully saturated rings. The Labute approximate surface area is 126 Å². The lowest BCUT2D eigenvalue weighted by Crippen LogP contribution is -2.02. The van der Waals surface area contributed by atoms with Crippen molar-refractivity contribution < 1.29 is 19.6 Å². The molecule has 1 N–H and O–H groups in total. The van der Waals surface area contributed by atoms with E-state index < -0.39 is 10.9 Å². The number of aliphatic carboxylic acids is 1. The number of nitro groups is 1. The van der Waals surface area contributed by atoms with Gasteiger partial charge in [-0.15, -0.1) is 0 Å². The Balaban J connectivity index is 2.55. The van der Waals surface area contributed by atoms with Crippen LogP contribution in [0.15, 0.2) is 48.5 Å². The third-order valence-electron chi connectivity index (χ3n) is 3.02. The van der Waals surface area contributed by atoms with Gasteiger partial charge in [-0.2, -0.15) is 0 Å². The first-order valence-corrected chi connectivity index (χ1v) is 6.35. The van der Waals surface area contributed by atoms with Crippen LogP contribution in [0.25, 0.3) is 11.6 Å². The Morgan fingerprint density at radius 3 is 2.59 bits per heavy atom. The molecular formula is C16H13NO5. The summed E-state index contributed by atoms with van der Waals surface area (Å²) in [6, 6.07) is 12.5. The fourth-order valence-electron chi connectivity index (χ4n) is 2.02. The Bertz CT molecular complexity index is 752. The van der Waals surface area contributed by atoms with E-state index in [-0.39, 0.29) is 11.3 Å². The number of para-hydroxylation sites is 1. The summed E-state index contributed by atoms with van der Waals surface area (Å²) >= 11 is 0. The van der Waals surface area contributed by atoms with Gasteiger partial charge in [0.15, 0.2) is 0 Å². The first-order chi connectivity index (χ1) is 10.5. The zero-order chi connectivity index (χ0) is 16.1. The summed E-state index contributed by atoms with van der Waals surface area (Å²) in [5, 5.41) is 20.2. The van der Waals surface area contributed by atoms with Crippen LogP contribution in [0.1, 0.15) is 11.1 Å². The summed E-state index contributed by atoms with van der Waals surface area (Å²) in [6.45, 7) is 0. The number of rotatable bonds is 5. The molecule has 112 valence electrons. The van der Waals surface area contributed by atoms with Crippen LogP contribution < -0.4 is 4.74 Å². The number of hydrogen-bond acceptors (Lipinski definition) is 4. The van der Waals surface area contributed by atoms with E-state index in [4.69, 9.17) is 4.74 Å². The van der Waals surface area contributed by atoms with Crippen LogP contribution in [-0.2, 0) is 4.79 Å². The molecule has 0 heterocycles. The maximum absolute atomic E-state index is 11.5. The van der Waals surface area contributed by atoms with Crippen molar-refractivity contribution in [2.24, 2.45) is 0 Å². The lowest BCUT2D eigenvalue weighted by Gasteiger charge is -2.09. The number of carboxylic acids is 1. The predicted molar refractivity (Wildman–Crippen MR) is 81.6 cm³/mol. The monoisotopic (exact) mass is 299 g/mol. The van der Waals surface area contributed by atoms with Crippen molar-refractivity contribution in [2.75, 3.05) is 7.11 Å². The highest BCUT2D eigenvalue weighted by Gasteiger charge is 2.15. The standard InChI is InChI=1S/C16H13NO5/c1-22-15-8-3-2-7-13(15)14(16(18)19)10-11-5-4-6-12(9-11)17(20)21/h2-10H,1H3,(H,18,19)/b14-10-. The number of carbonyl (C=O) groups is 1. The number of ether oxygens (including phenoxy) is 1. The van der Waals surface area contributed by atoms with E-state index >= 15 is 0 Å². The molecule has 2 aromatic rings. The number of benzene rings is 2. The first-order valence-electron chi connectivity index (χ1n) is 6.35. The summed E-state index contributed by atoms with van der Waals surface area (Å²) in [4.78, 5) is 21.8. The van der Waals surface area contributed by atoms with Gasteiger partial charge < -0.3 is 9.84 Å². The van der Waals surface area contributed by atoms with Gasteiger partial charge in [-0.05, 0) is 17.7 Å². The van der Waals surface area contributed by atoms with Gasteiger partial charge in [0.1, 0.15) is 5.75 Å². The van der Waals surface area contributed by atoms with Crippen molar-refractivity contribution in [2.45, 2.75) is 0 Å². The second kappa shape index (κ2) is 6.53. The summed E-state index contributed by atoms with van der Waals surface area (Å²) in [5.41, 5.74) is 0.734. The lowest BCUT2D eigenvalue weighted by atomic mass is 10.0. The topological polar surface area (TPSA) is 89.7 Å². The number of hydrogen-bond donors (Lipinski definition) is 1. The highest BCUT2D eigenvalue weighted by Crippen LogP contribution is 2.28. The van der Waals surface area contributed by atoms with Gasteiger partial charge in [0, 0.05) is 17.7 Å². The minimum atomic E-state index is -1.14. The van der Waals surface area contributed by atoms with Gasteiger partial charge in [0.2, 0.25) is 0 Å². The van der Waals surface area contributed by atoms with Crippen LogP contribution in [0.4, 0.5) is 5.69 Å². The van der Waals surface area contributed by atoms with Gasteiger partial charge in [-0.25, -0.2) is 4.79 Å². The quantitative estimate of drug-likeness (QED) is 0.396. The third kappa shape index (κ3) is 3.29. The molecule has 0 aliphatic carbocycles. The molecular weight excluding hydrogens is 286 g/mol. The minimum absolute atomic E-state index is 0.00190. The van der Waals surface area contributed by atoms with E-state index in [1.165, 1.54) is 31.4 Å². The van der Waals surface area contributed by atoms with Crippen LogP contribution in [0.3, 0.4) is 0 Å². The molecule has 2 rings (SSSR count). The van der Waals surface area contributed by atoms with Crippen molar-refractivity contribution in [1.82, 2.24) is 0 Å². The van der Waals surface area contributed by atoms with Crippen LogP contribution in [-0.4, -0.2) is 23.1 Å². The lowest BCUT2D eigenvalue weighted by molar-refractivity contribution is -0.384. The molecule has 0 unspecified atom stereocenters. The Morgan fingerprint density at radius 2 is 1.95 bits per heavy atom. The van der Waals surface area contributed by atoms with Crippen molar-refractivity contribution in [1.29, 1.82) is 0 Å². The van der Waals surface area contributed by atoms with Crippen molar-refractivity contribution in [3.05, 3.63) is 69.8 Å². The molecule has 0 aliphatic heterocycles. The summed E-state index contributed by atoms with van der Waals surface area (Å²) in [5.74, 6) is -0.724. The average molecular weight is 299 g/mol. The molecule has 0 radical (unpaired) electrons. The molecule has 22 heavy (non-hydrogen) atoms. The minimum Gasteiger partial charge on any atom is -0.496 e. The zero-order valence-corrected chi connectivity index (χ0v) is 11.7. The van der Waals surface area contributed by atoms with Crippen LogP contribution in [0.2, 0.25) is 0 Å². The Kier molecular flexibility index (Phi) is 4.53. The second-order valence-electron chi connectivity index (χ2n) is 4.42. The summed E-state index contributed by atoms with van der Waals surface area (Å²) in [7, 11) is 1.45. The Hall–Kier alpha value is -3.15. The van der Waals surface area contributed by atoms with E-state index in [9.17, 15) is 20.0 Å².